The van der Waals surface area contributed by atoms with Crippen LogP contribution in [-0.2, 0) is 4.79 Å². The lowest BCUT2D eigenvalue weighted by molar-refractivity contribution is -0.134. The molecule has 1 heterocycles. The Morgan fingerprint density at radius 1 is 1.24 bits per heavy atom. The number of likely N-dealkylation sites (tertiary alicyclic amines) is 1. The number of hydrogen-bond acceptors (Lipinski definition) is 3. The second kappa shape index (κ2) is 9.65. The summed E-state index contributed by atoms with van der Waals surface area (Å²) in [5.41, 5.74) is 6.04. The molecule has 1 fully saturated rings. The highest BCUT2D eigenvalue weighted by Crippen LogP contribution is 2.15. The number of piperidine rings is 1. The normalized spacial score (nSPS) is 23.2. The molecule has 0 radical (unpaired) electrons. The standard InChI is InChI=1S/C16H33N3O.ClH/c1-12(2)8-19(9-13(3)4)16(20)11-18-7-6-15(17)14(5)10-18;/h12-15H,6-11,17H2,1-5H3;1H. The van der Waals surface area contributed by atoms with E-state index in [0.29, 0.717) is 30.3 Å². The van der Waals surface area contributed by atoms with Gasteiger partial charge < -0.3 is 10.6 Å². The summed E-state index contributed by atoms with van der Waals surface area (Å²) in [6.07, 6.45) is 1.00. The summed E-state index contributed by atoms with van der Waals surface area (Å²) in [5.74, 6) is 1.80. The highest BCUT2D eigenvalue weighted by Gasteiger charge is 2.26. The molecule has 21 heavy (non-hydrogen) atoms. The molecule has 1 amide bonds. The summed E-state index contributed by atoms with van der Waals surface area (Å²) >= 11 is 0. The lowest BCUT2D eigenvalue weighted by Gasteiger charge is -2.36. The molecule has 2 N–H and O–H groups in total. The number of carbonyl (C=O) groups excluding carboxylic acids is 1. The topological polar surface area (TPSA) is 49.6 Å². The van der Waals surface area contributed by atoms with Crippen LogP contribution in [0.2, 0.25) is 0 Å². The number of carbonyl (C=O) groups is 1. The highest BCUT2D eigenvalue weighted by atomic mass is 35.5. The van der Waals surface area contributed by atoms with Crippen molar-refractivity contribution in [1.29, 1.82) is 0 Å². The lowest BCUT2D eigenvalue weighted by Crippen LogP contribution is -2.50. The van der Waals surface area contributed by atoms with Gasteiger partial charge in [-0.15, -0.1) is 12.4 Å². The molecule has 0 aromatic heterocycles. The summed E-state index contributed by atoms with van der Waals surface area (Å²) in [5, 5.41) is 0. The Kier molecular flexibility index (Phi) is 9.50. The Morgan fingerprint density at radius 2 is 1.76 bits per heavy atom. The first kappa shape index (κ1) is 20.7. The van der Waals surface area contributed by atoms with Gasteiger partial charge in [0, 0.05) is 32.2 Å². The molecule has 126 valence electrons. The van der Waals surface area contributed by atoms with Crippen LogP contribution in [-0.4, -0.2) is 54.5 Å². The first-order valence-corrected chi connectivity index (χ1v) is 8.05. The molecule has 0 aromatic rings. The van der Waals surface area contributed by atoms with Gasteiger partial charge >= 0.3 is 0 Å². The van der Waals surface area contributed by atoms with Gasteiger partial charge in [-0.1, -0.05) is 34.6 Å². The average Bonchev–Trinajstić information content (AvgIpc) is 2.32. The molecule has 0 aliphatic carbocycles. The average molecular weight is 320 g/mol. The quantitative estimate of drug-likeness (QED) is 0.816. The van der Waals surface area contributed by atoms with Gasteiger partial charge in [0.1, 0.15) is 0 Å². The van der Waals surface area contributed by atoms with Crippen LogP contribution in [0.4, 0.5) is 0 Å². The van der Waals surface area contributed by atoms with Crippen LogP contribution in [0.5, 0.6) is 0 Å². The van der Waals surface area contributed by atoms with Crippen LogP contribution in [0, 0.1) is 17.8 Å². The van der Waals surface area contributed by atoms with E-state index in [1.165, 1.54) is 0 Å². The van der Waals surface area contributed by atoms with E-state index in [4.69, 9.17) is 5.73 Å². The molecular formula is C16H34ClN3O. The number of amides is 1. The molecule has 0 bridgehead atoms. The maximum atomic E-state index is 12.5. The van der Waals surface area contributed by atoms with Crippen molar-refractivity contribution in [2.45, 2.75) is 47.1 Å². The minimum Gasteiger partial charge on any atom is -0.341 e. The van der Waals surface area contributed by atoms with Crippen molar-refractivity contribution in [2.24, 2.45) is 23.5 Å². The molecule has 0 aromatic carbocycles. The molecule has 1 aliphatic rings. The van der Waals surface area contributed by atoms with Crippen molar-refractivity contribution in [1.82, 2.24) is 9.80 Å². The number of rotatable bonds is 6. The molecule has 4 nitrogen and oxygen atoms in total. The number of nitrogens with zero attached hydrogens (tertiary/aromatic N) is 2. The Morgan fingerprint density at radius 3 is 2.19 bits per heavy atom. The van der Waals surface area contributed by atoms with E-state index in [0.717, 1.165) is 32.6 Å². The van der Waals surface area contributed by atoms with Crippen molar-refractivity contribution in [3.8, 4) is 0 Å². The summed E-state index contributed by atoms with van der Waals surface area (Å²) < 4.78 is 0. The fourth-order valence-corrected chi connectivity index (χ4v) is 2.84. The second-order valence-electron chi connectivity index (χ2n) is 7.25. The summed E-state index contributed by atoms with van der Waals surface area (Å²) in [6.45, 7) is 15.0. The van der Waals surface area contributed by atoms with Gasteiger partial charge in [-0.2, -0.15) is 0 Å². The molecule has 1 saturated heterocycles. The third-order valence-corrected chi connectivity index (χ3v) is 3.94. The zero-order chi connectivity index (χ0) is 15.3. The molecule has 5 heteroatoms. The van der Waals surface area contributed by atoms with Gasteiger partial charge in [-0.3, -0.25) is 9.69 Å². The smallest absolute Gasteiger partial charge is 0.236 e. The largest absolute Gasteiger partial charge is 0.341 e. The third-order valence-electron chi connectivity index (χ3n) is 3.94. The Balaban J connectivity index is 0.00000400. The van der Waals surface area contributed by atoms with Gasteiger partial charge in [-0.25, -0.2) is 0 Å². The van der Waals surface area contributed by atoms with Crippen LogP contribution in [0.1, 0.15) is 41.0 Å². The van der Waals surface area contributed by atoms with E-state index in [2.05, 4.69) is 39.5 Å². The van der Waals surface area contributed by atoms with Crippen molar-refractivity contribution in [3.63, 3.8) is 0 Å². The first-order chi connectivity index (χ1) is 9.29. The second-order valence-corrected chi connectivity index (χ2v) is 7.25. The van der Waals surface area contributed by atoms with Crippen LogP contribution in [0.25, 0.3) is 0 Å². The molecular weight excluding hydrogens is 286 g/mol. The highest BCUT2D eigenvalue weighted by molar-refractivity contribution is 5.85. The van der Waals surface area contributed by atoms with Crippen molar-refractivity contribution in [2.75, 3.05) is 32.7 Å². The minimum atomic E-state index is 0. The van der Waals surface area contributed by atoms with Crippen LogP contribution < -0.4 is 5.73 Å². The molecule has 1 rings (SSSR count). The van der Waals surface area contributed by atoms with E-state index in [1.54, 1.807) is 0 Å². The maximum absolute atomic E-state index is 12.5. The van der Waals surface area contributed by atoms with Gasteiger partial charge in [0.25, 0.3) is 0 Å². The summed E-state index contributed by atoms with van der Waals surface area (Å²) in [4.78, 5) is 16.8. The van der Waals surface area contributed by atoms with Gasteiger partial charge in [0.2, 0.25) is 5.91 Å². The number of halogens is 1. The zero-order valence-corrected chi connectivity index (χ0v) is 15.2. The van der Waals surface area contributed by atoms with Crippen molar-refractivity contribution in [3.05, 3.63) is 0 Å². The fourth-order valence-electron chi connectivity index (χ4n) is 2.84. The first-order valence-electron chi connectivity index (χ1n) is 8.05. The number of nitrogens with two attached hydrogens (primary N) is 1. The molecule has 1 aliphatic heterocycles. The molecule has 2 unspecified atom stereocenters. The summed E-state index contributed by atoms with van der Waals surface area (Å²) in [7, 11) is 0. The van der Waals surface area contributed by atoms with E-state index in [-0.39, 0.29) is 18.3 Å². The fraction of sp³-hybridized carbons (Fsp3) is 0.938. The Labute approximate surface area is 136 Å². The molecule has 2 atom stereocenters. The monoisotopic (exact) mass is 319 g/mol. The van der Waals surface area contributed by atoms with Gasteiger partial charge in [0.15, 0.2) is 0 Å². The minimum absolute atomic E-state index is 0. The van der Waals surface area contributed by atoms with E-state index in [1.807, 2.05) is 4.90 Å². The molecule has 0 spiro atoms. The van der Waals surface area contributed by atoms with Crippen molar-refractivity contribution >= 4 is 18.3 Å². The predicted octanol–water partition coefficient (Wildman–Crippen LogP) is 2.22. The van der Waals surface area contributed by atoms with E-state index in [9.17, 15) is 4.79 Å². The Hall–Kier alpha value is -0.320. The van der Waals surface area contributed by atoms with Crippen LogP contribution in [0.15, 0.2) is 0 Å². The maximum Gasteiger partial charge on any atom is 0.236 e. The SMILES string of the molecule is CC(C)CN(CC(C)C)C(=O)CN1CCC(N)C(C)C1.Cl. The number of hydrogen-bond donors (Lipinski definition) is 1. The zero-order valence-electron chi connectivity index (χ0n) is 14.3. The van der Waals surface area contributed by atoms with E-state index >= 15 is 0 Å². The van der Waals surface area contributed by atoms with Crippen molar-refractivity contribution < 1.29 is 4.79 Å². The van der Waals surface area contributed by atoms with Gasteiger partial charge in [-0.05, 0) is 24.2 Å². The van der Waals surface area contributed by atoms with Crippen LogP contribution in [0.3, 0.4) is 0 Å². The lowest BCUT2D eigenvalue weighted by atomic mass is 9.95. The predicted molar refractivity (Wildman–Crippen MR) is 91.7 cm³/mol. The van der Waals surface area contributed by atoms with E-state index < -0.39 is 0 Å². The van der Waals surface area contributed by atoms with Gasteiger partial charge in [0.05, 0.1) is 6.54 Å². The summed E-state index contributed by atoms with van der Waals surface area (Å²) in [6, 6.07) is 0.295. The third kappa shape index (κ3) is 7.48. The Bertz CT molecular complexity index is 300. The van der Waals surface area contributed by atoms with Crippen LogP contribution >= 0.6 is 12.4 Å². The molecule has 0 saturated carbocycles.